The highest BCUT2D eigenvalue weighted by atomic mass is 35.5. The Morgan fingerprint density at radius 3 is 2.92 bits per heavy atom. The molecule has 1 aromatic heterocycles. The first-order valence-corrected chi connectivity index (χ1v) is 8.62. The molecule has 4 rings (SSSR count). The number of aromatic nitrogens is 1. The lowest BCUT2D eigenvalue weighted by Gasteiger charge is -2.36. The quantitative estimate of drug-likeness (QED) is 0.926. The van der Waals surface area contributed by atoms with Crippen molar-refractivity contribution < 1.29 is 9.47 Å². The smallest absolute Gasteiger partial charge is 0.179 e. The Balaban J connectivity index is 1.58. The number of rotatable bonds is 3. The molecule has 6 heteroatoms. The highest BCUT2D eigenvalue weighted by Crippen LogP contribution is 2.39. The number of halogens is 1. The molecule has 3 heterocycles. The van der Waals surface area contributed by atoms with Crippen molar-refractivity contribution >= 4 is 11.6 Å². The zero-order valence-electron chi connectivity index (χ0n) is 13.4. The number of ether oxygens (including phenoxy) is 2. The molecule has 24 heavy (non-hydrogen) atoms. The molecule has 0 amide bonds. The number of nitrogens with zero attached hydrogens (tertiary/aromatic N) is 2. The van der Waals surface area contributed by atoms with Gasteiger partial charge in [-0.25, -0.2) is 0 Å². The van der Waals surface area contributed by atoms with Crippen molar-refractivity contribution in [1.29, 1.82) is 0 Å². The number of piperazine rings is 1. The molecule has 1 fully saturated rings. The standard InChI is InChI=1S/C18H20ClN3O2/c19-15-9-13(10-17-18(15)24-8-7-23-17)12-22-6-5-21-11-16(22)14-1-3-20-4-2-14/h1-4,9-10,16,21H,5-8,11-12H2. The van der Waals surface area contributed by atoms with Gasteiger partial charge in [0.05, 0.1) is 5.02 Å². The SMILES string of the molecule is Clc1cc(CN2CCNCC2c2ccncc2)cc2c1OCCO2. The van der Waals surface area contributed by atoms with E-state index in [2.05, 4.69) is 27.3 Å². The molecule has 2 aliphatic rings. The summed E-state index contributed by atoms with van der Waals surface area (Å²) in [6.07, 6.45) is 3.70. The minimum Gasteiger partial charge on any atom is -0.486 e. The van der Waals surface area contributed by atoms with Gasteiger partial charge in [0.2, 0.25) is 0 Å². The number of hydrogen-bond donors (Lipinski definition) is 1. The molecule has 1 unspecified atom stereocenters. The van der Waals surface area contributed by atoms with Crippen LogP contribution in [-0.2, 0) is 6.54 Å². The average Bonchev–Trinajstić information content (AvgIpc) is 2.63. The number of fused-ring (bicyclic) bond motifs is 1. The molecule has 1 saturated heterocycles. The number of nitrogens with one attached hydrogen (secondary N) is 1. The van der Waals surface area contributed by atoms with Crippen molar-refractivity contribution in [3.8, 4) is 11.5 Å². The third kappa shape index (κ3) is 3.20. The van der Waals surface area contributed by atoms with Crippen LogP contribution in [0.4, 0.5) is 0 Å². The highest BCUT2D eigenvalue weighted by molar-refractivity contribution is 6.32. The summed E-state index contributed by atoms with van der Waals surface area (Å²) < 4.78 is 11.3. The Bertz CT molecular complexity index is 711. The van der Waals surface area contributed by atoms with Crippen LogP contribution in [0.5, 0.6) is 11.5 Å². The molecule has 126 valence electrons. The third-order valence-electron chi connectivity index (χ3n) is 4.49. The topological polar surface area (TPSA) is 46.6 Å². The van der Waals surface area contributed by atoms with Crippen LogP contribution in [0.15, 0.2) is 36.7 Å². The molecule has 0 aliphatic carbocycles. The molecule has 2 aromatic rings. The first kappa shape index (κ1) is 15.7. The van der Waals surface area contributed by atoms with Crippen LogP contribution in [0.3, 0.4) is 0 Å². The highest BCUT2D eigenvalue weighted by Gasteiger charge is 2.25. The predicted molar refractivity (Wildman–Crippen MR) is 92.7 cm³/mol. The number of benzene rings is 1. The minimum absolute atomic E-state index is 0.328. The lowest BCUT2D eigenvalue weighted by atomic mass is 10.0. The van der Waals surface area contributed by atoms with Crippen molar-refractivity contribution in [2.24, 2.45) is 0 Å². The summed E-state index contributed by atoms with van der Waals surface area (Å²) in [4.78, 5) is 6.59. The van der Waals surface area contributed by atoms with Gasteiger partial charge >= 0.3 is 0 Å². The van der Waals surface area contributed by atoms with Crippen molar-refractivity contribution in [2.45, 2.75) is 12.6 Å². The Labute approximate surface area is 146 Å². The van der Waals surface area contributed by atoms with E-state index in [1.165, 1.54) is 5.56 Å². The molecule has 0 saturated carbocycles. The first-order chi connectivity index (χ1) is 11.8. The lowest BCUT2D eigenvalue weighted by Crippen LogP contribution is -2.45. The van der Waals surface area contributed by atoms with Crippen LogP contribution in [-0.4, -0.2) is 42.7 Å². The maximum absolute atomic E-state index is 6.37. The molecule has 2 aliphatic heterocycles. The fourth-order valence-electron chi connectivity index (χ4n) is 3.34. The van der Waals surface area contributed by atoms with Gasteiger partial charge in [0.25, 0.3) is 0 Å². The zero-order valence-corrected chi connectivity index (χ0v) is 14.1. The van der Waals surface area contributed by atoms with E-state index in [1.807, 2.05) is 24.5 Å². The second-order valence-corrected chi connectivity index (χ2v) is 6.48. The van der Waals surface area contributed by atoms with E-state index >= 15 is 0 Å². The van der Waals surface area contributed by atoms with Crippen LogP contribution in [0.25, 0.3) is 0 Å². The summed E-state index contributed by atoms with van der Waals surface area (Å²) in [5.74, 6) is 1.41. The van der Waals surface area contributed by atoms with Gasteiger partial charge in [-0.15, -0.1) is 0 Å². The lowest BCUT2D eigenvalue weighted by molar-refractivity contribution is 0.152. The van der Waals surface area contributed by atoms with Gasteiger partial charge in [-0.05, 0) is 35.4 Å². The Hall–Kier alpha value is -1.82. The summed E-state index contributed by atoms with van der Waals surface area (Å²) >= 11 is 6.37. The Morgan fingerprint density at radius 2 is 2.04 bits per heavy atom. The van der Waals surface area contributed by atoms with E-state index in [9.17, 15) is 0 Å². The van der Waals surface area contributed by atoms with Gasteiger partial charge in [-0.3, -0.25) is 9.88 Å². The second kappa shape index (κ2) is 6.97. The summed E-state index contributed by atoms with van der Waals surface area (Å²) in [6, 6.07) is 8.53. The summed E-state index contributed by atoms with van der Waals surface area (Å²) in [5.41, 5.74) is 2.42. The van der Waals surface area contributed by atoms with Crippen LogP contribution < -0.4 is 14.8 Å². The molecule has 0 radical (unpaired) electrons. The van der Waals surface area contributed by atoms with Crippen LogP contribution in [0.2, 0.25) is 5.02 Å². The molecule has 5 nitrogen and oxygen atoms in total. The van der Waals surface area contributed by atoms with Gasteiger partial charge < -0.3 is 14.8 Å². The van der Waals surface area contributed by atoms with Crippen molar-refractivity contribution in [3.63, 3.8) is 0 Å². The van der Waals surface area contributed by atoms with Gasteiger partial charge in [-0.2, -0.15) is 0 Å². The van der Waals surface area contributed by atoms with E-state index in [4.69, 9.17) is 21.1 Å². The zero-order chi connectivity index (χ0) is 16.4. The summed E-state index contributed by atoms with van der Waals surface area (Å²) in [5, 5.41) is 4.10. The molecule has 1 aromatic carbocycles. The predicted octanol–water partition coefficient (Wildman–Crippen LogP) is 2.65. The monoisotopic (exact) mass is 345 g/mol. The van der Waals surface area contributed by atoms with Gasteiger partial charge in [0.15, 0.2) is 11.5 Å². The van der Waals surface area contributed by atoms with Crippen LogP contribution in [0.1, 0.15) is 17.2 Å². The van der Waals surface area contributed by atoms with Gasteiger partial charge in [0.1, 0.15) is 13.2 Å². The number of pyridine rings is 1. The van der Waals surface area contributed by atoms with Crippen LogP contribution in [0, 0.1) is 0 Å². The van der Waals surface area contributed by atoms with E-state index in [0.717, 1.165) is 37.5 Å². The summed E-state index contributed by atoms with van der Waals surface area (Å²) in [7, 11) is 0. The maximum atomic E-state index is 6.37. The van der Waals surface area contributed by atoms with Crippen LogP contribution >= 0.6 is 11.6 Å². The van der Waals surface area contributed by atoms with Crippen molar-refractivity contribution in [2.75, 3.05) is 32.8 Å². The maximum Gasteiger partial charge on any atom is 0.179 e. The normalized spacial score (nSPS) is 20.8. The third-order valence-corrected chi connectivity index (χ3v) is 4.77. The van der Waals surface area contributed by atoms with E-state index in [1.54, 1.807) is 0 Å². The molecule has 1 atom stereocenters. The average molecular weight is 346 g/mol. The van der Waals surface area contributed by atoms with E-state index in [-0.39, 0.29) is 0 Å². The van der Waals surface area contributed by atoms with Crippen molar-refractivity contribution in [3.05, 3.63) is 52.8 Å². The fraction of sp³-hybridized carbons (Fsp3) is 0.389. The van der Waals surface area contributed by atoms with Gasteiger partial charge in [0, 0.05) is 44.6 Å². The molecule has 0 spiro atoms. The minimum atomic E-state index is 0.328. The summed E-state index contributed by atoms with van der Waals surface area (Å²) in [6.45, 7) is 4.85. The largest absolute Gasteiger partial charge is 0.486 e. The second-order valence-electron chi connectivity index (χ2n) is 6.07. The van der Waals surface area contributed by atoms with Gasteiger partial charge in [-0.1, -0.05) is 11.6 Å². The van der Waals surface area contributed by atoms with E-state index in [0.29, 0.717) is 30.0 Å². The molecular formula is C18H20ClN3O2. The molecule has 1 N–H and O–H groups in total. The number of hydrogen-bond acceptors (Lipinski definition) is 5. The van der Waals surface area contributed by atoms with E-state index < -0.39 is 0 Å². The first-order valence-electron chi connectivity index (χ1n) is 8.24. The Morgan fingerprint density at radius 1 is 1.21 bits per heavy atom. The fourth-order valence-corrected chi connectivity index (χ4v) is 3.63. The Kier molecular flexibility index (Phi) is 4.56. The van der Waals surface area contributed by atoms with Crippen molar-refractivity contribution in [1.82, 2.24) is 15.2 Å². The molecular weight excluding hydrogens is 326 g/mol. The molecule has 0 bridgehead atoms.